The van der Waals surface area contributed by atoms with Crippen molar-refractivity contribution in [1.82, 2.24) is 14.9 Å². The highest BCUT2D eigenvalue weighted by Gasteiger charge is 2.21. The lowest BCUT2D eigenvalue weighted by atomic mass is 9.89. The van der Waals surface area contributed by atoms with Gasteiger partial charge in [0.2, 0.25) is 0 Å². The van der Waals surface area contributed by atoms with Gasteiger partial charge < -0.3 is 14.8 Å². The molecule has 0 radical (unpaired) electrons. The van der Waals surface area contributed by atoms with Gasteiger partial charge in [-0.3, -0.25) is 4.90 Å². The molecule has 2 heterocycles. The molecule has 1 aliphatic rings. The van der Waals surface area contributed by atoms with Gasteiger partial charge in [0.15, 0.2) is 0 Å². The van der Waals surface area contributed by atoms with Gasteiger partial charge in [0.25, 0.3) is 0 Å². The third kappa shape index (κ3) is 5.99. The van der Waals surface area contributed by atoms with Crippen LogP contribution in [0, 0.1) is 24.2 Å². The zero-order chi connectivity index (χ0) is 25.8. The molecular formula is C30H30N4O3. The van der Waals surface area contributed by atoms with Crippen LogP contribution in [0.2, 0.25) is 0 Å². The van der Waals surface area contributed by atoms with E-state index in [-0.39, 0.29) is 5.56 Å². The Morgan fingerprint density at radius 1 is 1.14 bits per heavy atom. The number of imidazole rings is 1. The van der Waals surface area contributed by atoms with Crippen molar-refractivity contribution in [3.63, 3.8) is 0 Å². The van der Waals surface area contributed by atoms with Gasteiger partial charge in [-0.15, -0.1) is 0 Å². The zero-order valence-corrected chi connectivity index (χ0v) is 20.9. The number of benzene rings is 3. The molecule has 0 aliphatic carbocycles. The first-order valence-electron chi connectivity index (χ1n) is 12.6. The lowest BCUT2D eigenvalue weighted by Gasteiger charge is -2.31. The van der Waals surface area contributed by atoms with Crippen molar-refractivity contribution < 1.29 is 14.6 Å². The lowest BCUT2D eigenvalue weighted by Crippen LogP contribution is -2.34. The monoisotopic (exact) mass is 494 g/mol. The number of nitrogens with zero attached hydrogens (tertiary/aromatic N) is 3. The van der Waals surface area contributed by atoms with Crippen molar-refractivity contribution >= 4 is 17.0 Å². The van der Waals surface area contributed by atoms with E-state index in [1.165, 1.54) is 5.56 Å². The molecule has 7 heteroatoms. The summed E-state index contributed by atoms with van der Waals surface area (Å²) in [5, 5.41) is 18.6. The minimum Gasteiger partial charge on any atom is -0.488 e. The van der Waals surface area contributed by atoms with Gasteiger partial charge in [-0.1, -0.05) is 30.3 Å². The van der Waals surface area contributed by atoms with Crippen molar-refractivity contribution in [2.24, 2.45) is 5.92 Å². The molecule has 0 bridgehead atoms. The van der Waals surface area contributed by atoms with E-state index in [2.05, 4.69) is 45.2 Å². The summed E-state index contributed by atoms with van der Waals surface area (Å²) in [5.74, 6) is 1.19. The number of aromatic nitrogens is 2. The molecule has 0 amide bonds. The molecule has 7 nitrogen and oxygen atoms in total. The minimum absolute atomic E-state index is 0.265. The lowest BCUT2D eigenvalue weighted by molar-refractivity contribution is 0.0697. The topological polar surface area (TPSA) is 102 Å². The van der Waals surface area contributed by atoms with E-state index in [0.717, 1.165) is 66.9 Å². The highest BCUT2D eigenvalue weighted by atomic mass is 16.5. The number of hydrogen-bond donors (Lipinski definition) is 2. The van der Waals surface area contributed by atoms with Gasteiger partial charge in [0.1, 0.15) is 24.3 Å². The number of nitrogens with one attached hydrogen (secondary N) is 1. The van der Waals surface area contributed by atoms with Crippen molar-refractivity contribution in [3.05, 3.63) is 94.3 Å². The summed E-state index contributed by atoms with van der Waals surface area (Å²) >= 11 is 0. The number of rotatable bonds is 8. The van der Waals surface area contributed by atoms with Crippen molar-refractivity contribution in [3.8, 4) is 11.8 Å². The Labute approximate surface area is 216 Å². The second-order valence-corrected chi connectivity index (χ2v) is 9.86. The molecule has 0 spiro atoms. The van der Waals surface area contributed by atoms with Crippen LogP contribution in [0.15, 0.2) is 60.7 Å². The number of carboxylic acids is 1. The maximum atomic E-state index is 11.2. The molecule has 2 N–H and O–H groups in total. The molecule has 5 rings (SSSR count). The molecule has 3 aromatic carbocycles. The molecule has 37 heavy (non-hydrogen) atoms. The summed E-state index contributed by atoms with van der Waals surface area (Å²) in [6.45, 7) is 5.16. The minimum atomic E-state index is -0.933. The fourth-order valence-electron chi connectivity index (χ4n) is 5.03. The van der Waals surface area contributed by atoms with Gasteiger partial charge in [-0.2, -0.15) is 5.26 Å². The highest BCUT2D eigenvalue weighted by Crippen LogP contribution is 2.25. The van der Waals surface area contributed by atoms with Gasteiger partial charge in [0, 0.05) is 0 Å². The van der Waals surface area contributed by atoms with Crippen LogP contribution in [0.1, 0.15) is 51.3 Å². The number of likely N-dealkylation sites (tertiary alicyclic amines) is 1. The number of nitriles is 1. The van der Waals surface area contributed by atoms with E-state index in [1.807, 2.05) is 25.1 Å². The fraction of sp³-hybridized carbons (Fsp3) is 0.300. The molecule has 1 aliphatic heterocycles. The molecule has 0 unspecified atom stereocenters. The summed E-state index contributed by atoms with van der Waals surface area (Å²) in [6, 6.07) is 21.4. The average Bonchev–Trinajstić information content (AvgIpc) is 3.30. The first-order chi connectivity index (χ1) is 18.0. The largest absolute Gasteiger partial charge is 0.488 e. The highest BCUT2D eigenvalue weighted by molar-refractivity contribution is 5.92. The maximum Gasteiger partial charge on any atom is 0.335 e. The quantitative estimate of drug-likeness (QED) is 0.337. The maximum absolute atomic E-state index is 11.2. The van der Waals surface area contributed by atoms with E-state index in [1.54, 1.807) is 18.2 Å². The van der Waals surface area contributed by atoms with Crippen LogP contribution in [0.4, 0.5) is 0 Å². The van der Waals surface area contributed by atoms with E-state index < -0.39 is 5.97 Å². The third-order valence-electron chi connectivity index (χ3n) is 7.02. The number of fused-ring (bicyclic) bond motifs is 1. The van der Waals surface area contributed by atoms with Crippen LogP contribution in [-0.4, -0.2) is 39.0 Å². The van der Waals surface area contributed by atoms with Crippen molar-refractivity contribution in [2.75, 3.05) is 13.1 Å². The summed E-state index contributed by atoms with van der Waals surface area (Å²) in [5.41, 5.74) is 5.86. The number of aromatic amines is 1. The Balaban J connectivity index is 1.13. The number of carboxylic acid groups (broad SMARTS) is 1. The third-order valence-corrected chi connectivity index (χ3v) is 7.02. The Hall–Kier alpha value is -4.15. The van der Waals surface area contributed by atoms with Crippen molar-refractivity contribution in [1.29, 1.82) is 5.26 Å². The number of piperidine rings is 1. The molecule has 0 atom stereocenters. The van der Waals surface area contributed by atoms with Gasteiger partial charge in [-0.05, 0) is 92.2 Å². The summed E-state index contributed by atoms with van der Waals surface area (Å²) in [6.07, 6.45) is 3.29. The van der Waals surface area contributed by atoms with Gasteiger partial charge in [0.05, 0.1) is 28.7 Å². The van der Waals surface area contributed by atoms with Crippen LogP contribution in [0.5, 0.6) is 5.75 Å². The molecule has 1 aromatic heterocycles. The second-order valence-electron chi connectivity index (χ2n) is 9.86. The smallest absolute Gasteiger partial charge is 0.335 e. The predicted molar refractivity (Wildman–Crippen MR) is 141 cm³/mol. The molecule has 1 saturated heterocycles. The number of aromatic carboxylic acids is 1. The van der Waals surface area contributed by atoms with E-state index in [4.69, 9.17) is 4.74 Å². The second kappa shape index (κ2) is 10.9. The Morgan fingerprint density at radius 3 is 2.73 bits per heavy atom. The van der Waals surface area contributed by atoms with E-state index >= 15 is 0 Å². The Morgan fingerprint density at radius 2 is 1.95 bits per heavy atom. The molecule has 1 fully saturated rings. The number of hydrogen-bond acceptors (Lipinski definition) is 5. The van der Waals surface area contributed by atoms with Gasteiger partial charge in [-0.25, -0.2) is 9.78 Å². The Kier molecular flexibility index (Phi) is 7.20. The molecular weight excluding hydrogens is 464 g/mol. The Bertz CT molecular complexity index is 1460. The number of ether oxygens (including phenoxy) is 1. The van der Waals surface area contributed by atoms with Crippen LogP contribution in [-0.2, 0) is 19.6 Å². The van der Waals surface area contributed by atoms with Crippen LogP contribution >= 0.6 is 0 Å². The molecule has 188 valence electrons. The number of aryl methyl sites for hydroxylation is 1. The van der Waals surface area contributed by atoms with Crippen LogP contribution < -0.4 is 4.74 Å². The van der Waals surface area contributed by atoms with E-state index in [9.17, 15) is 15.2 Å². The number of H-pyrrole nitrogens is 1. The van der Waals surface area contributed by atoms with Crippen LogP contribution in [0.25, 0.3) is 11.0 Å². The number of carbonyl (C=O) groups is 1. The van der Waals surface area contributed by atoms with Gasteiger partial charge >= 0.3 is 5.97 Å². The zero-order valence-electron chi connectivity index (χ0n) is 20.9. The molecule has 4 aromatic rings. The first-order valence-corrected chi connectivity index (χ1v) is 12.6. The molecule has 0 saturated carbocycles. The standard InChI is InChI=1S/C30H30N4O3/c1-20-5-8-28(25(13-20)17-31)37-19-23-4-2-3-22(15-23)14-21-9-11-34(12-10-21)18-29-32-26-7-6-24(30(35)36)16-27(26)33-29/h2-8,13,15-16,21H,9-12,14,18-19H2,1H3,(H,32,33)(H,35,36). The average molecular weight is 495 g/mol. The predicted octanol–water partition coefficient (Wildman–Crippen LogP) is 5.47. The van der Waals surface area contributed by atoms with Crippen molar-refractivity contribution in [2.45, 2.75) is 39.3 Å². The van der Waals surface area contributed by atoms with Crippen LogP contribution in [0.3, 0.4) is 0 Å². The summed E-state index contributed by atoms with van der Waals surface area (Å²) in [4.78, 5) is 21.5. The first kappa shape index (κ1) is 24.5. The SMILES string of the molecule is Cc1ccc(OCc2cccc(CC3CCN(Cc4nc5ccc(C(=O)O)cc5[nH]4)CC3)c2)c(C#N)c1. The summed E-state index contributed by atoms with van der Waals surface area (Å²) < 4.78 is 5.96. The normalized spacial score (nSPS) is 14.5. The summed E-state index contributed by atoms with van der Waals surface area (Å²) in [7, 11) is 0. The fourth-order valence-corrected chi connectivity index (χ4v) is 5.03. The van der Waals surface area contributed by atoms with E-state index in [0.29, 0.717) is 23.8 Å².